The molecule has 0 saturated carbocycles. The number of rotatable bonds is 2. The number of para-hydroxylation sites is 1. The number of thiophene rings is 1. The number of aliphatic imine (C=N–C) groups is 1. The van der Waals surface area contributed by atoms with Crippen molar-refractivity contribution in [3.05, 3.63) is 87.9 Å². The van der Waals surface area contributed by atoms with Crippen LogP contribution in [0.1, 0.15) is 16.0 Å². The van der Waals surface area contributed by atoms with E-state index in [1.807, 2.05) is 41.8 Å². The van der Waals surface area contributed by atoms with Crippen LogP contribution in [0.4, 0.5) is 10.1 Å². The molecule has 0 amide bonds. The molecule has 0 atom stereocenters. The number of halogens is 1. The maximum atomic E-state index is 13.1. The molecule has 0 aliphatic carbocycles. The van der Waals surface area contributed by atoms with Gasteiger partial charge in [-0.25, -0.2) is 9.38 Å². The zero-order chi connectivity index (χ0) is 15.6. The first-order chi connectivity index (χ1) is 11.3. The maximum Gasteiger partial charge on any atom is 0.154 e. The predicted molar refractivity (Wildman–Crippen MR) is 92.1 cm³/mol. The summed E-state index contributed by atoms with van der Waals surface area (Å²) in [6.07, 6.45) is 0. The van der Waals surface area contributed by atoms with Gasteiger partial charge < -0.3 is 0 Å². The first-order valence-electron chi connectivity index (χ1n) is 7.13. The van der Waals surface area contributed by atoms with Crippen molar-refractivity contribution in [2.75, 3.05) is 0 Å². The number of hydrogen-bond donors (Lipinski definition) is 1. The summed E-state index contributed by atoms with van der Waals surface area (Å²) in [6, 6.07) is 18.1. The standard InChI is InChI=1S/C18H12FN3S/c19-13-9-7-12(8-10-13)18-20-15-5-2-1-4-14(15)17(21-22-18)16-6-3-11-23-16/h1-11H,(H,20,22). The van der Waals surface area contributed by atoms with Gasteiger partial charge in [0.25, 0.3) is 0 Å². The average Bonchev–Trinajstić information content (AvgIpc) is 3.03. The summed E-state index contributed by atoms with van der Waals surface area (Å²) in [5.41, 5.74) is 6.48. The van der Waals surface area contributed by atoms with Crippen molar-refractivity contribution in [2.24, 2.45) is 10.1 Å². The SMILES string of the molecule is Fc1ccc(C2=Nc3ccccc3C(c3cccs3)=NN2)cc1. The highest BCUT2D eigenvalue weighted by Crippen LogP contribution is 2.27. The number of hydrazone groups is 1. The van der Waals surface area contributed by atoms with Crippen LogP contribution in [-0.4, -0.2) is 11.5 Å². The second-order valence-electron chi connectivity index (χ2n) is 5.03. The molecule has 2 heterocycles. The highest BCUT2D eigenvalue weighted by Gasteiger charge is 2.17. The molecule has 3 aromatic rings. The third-order valence-corrected chi connectivity index (χ3v) is 4.41. The Kier molecular flexibility index (Phi) is 3.48. The van der Waals surface area contributed by atoms with Crippen molar-refractivity contribution < 1.29 is 4.39 Å². The molecular formula is C18H12FN3S. The van der Waals surface area contributed by atoms with Crippen molar-refractivity contribution >= 4 is 28.6 Å². The van der Waals surface area contributed by atoms with E-state index in [-0.39, 0.29) is 5.82 Å². The second kappa shape index (κ2) is 5.78. The summed E-state index contributed by atoms with van der Waals surface area (Å²) in [5, 5.41) is 6.56. The van der Waals surface area contributed by atoms with E-state index >= 15 is 0 Å². The Morgan fingerprint density at radius 2 is 1.74 bits per heavy atom. The lowest BCUT2D eigenvalue weighted by atomic mass is 10.1. The lowest BCUT2D eigenvalue weighted by Gasteiger charge is -2.04. The highest BCUT2D eigenvalue weighted by molar-refractivity contribution is 7.12. The fraction of sp³-hybridized carbons (Fsp3) is 0. The monoisotopic (exact) mass is 321 g/mol. The topological polar surface area (TPSA) is 36.8 Å². The van der Waals surface area contributed by atoms with E-state index in [9.17, 15) is 4.39 Å². The maximum absolute atomic E-state index is 13.1. The van der Waals surface area contributed by atoms with Gasteiger partial charge >= 0.3 is 0 Å². The van der Waals surface area contributed by atoms with E-state index < -0.39 is 0 Å². The van der Waals surface area contributed by atoms with E-state index in [0.717, 1.165) is 27.4 Å². The molecule has 23 heavy (non-hydrogen) atoms. The van der Waals surface area contributed by atoms with Crippen molar-refractivity contribution in [3.63, 3.8) is 0 Å². The first-order valence-corrected chi connectivity index (χ1v) is 8.01. The predicted octanol–water partition coefficient (Wildman–Crippen LogP) is 4.32. The highest BCUT2D eigenvalue weighted by atomic mass is 32.1. The molecule has 0 fully saturated rings. The fourth-order valence-electron chi connectivity index (χ4n) is 2.42. The Balaban J connectivity index is 1.84. The molecule has 0 bridgehead atoms. The molecule has 1 aliphatic heterocycles. The molecule has 0 saturated heterocycles. The van der Waals surface area contributed by atoms with Gasteiger partial charge in [0.05, 0.1) is 10.6 Å². The van der Waals surface area contributed by atoms with Gasteiger partial charge in [-0.3, -0.25) is 5.43 Å². The van der Waals surface area contributed by atoms with Gasteiger partial charge in [0.2, 0.25) is 0 Å². The minimum absolute atomic E-state index is 0.272. The van der Waals surface area contributed by atoms with Crippen LogP contribution >= 0.6 is 11.3 Å². The van der Waals surface area contributed by atoms with Gasteiger partial charge in [-0.2, -0.15) is 5.10 Å². The molecule has 0 unspecified atom stereocenters. The van der Waals surface area contributed by atoms with Gasteiger partial charge in [0, 0.05) is 11.1 Å². The van der Waals surface area contributed by atoms with Gasteiger partial charge in [-0.05, 0) is 41.8 Å². The normalized spacial score (nSPS) is 13.4. The van der Waals surface area contributed by atoms with Crippen molar-refractivity contribution in [1.29, 1.82) is 0 Å². The molecule has 4 rings (SSSR count). The summed E-state index contributed by atoms with van der Waals surface area (Å²) in [4.78, 5) is 5.74. The van der Waals surface area contributed by atoms with E-state index in [4.69, 9.17) is 0 Å². The number of amidine groups is 1. The van der Waals surface area contributed by atoms with Gasteiger partial charge in [-0.15, -0.1) is 11.3 Å². The van der Waals surface area contributed by atoms with Gasteiger partial charge in [-0.1, -0.05) is 24.3 Å². The third kappa shape index (κ3) is 2.66. The quantitative estimate of drug-likeness (QED) is 0.750. The number of benzene rings is 2. The number of nitrogens with one attached hydrogen (secondary N) is 1. The number of hydrogen-bond acceptors (Lipinski definition) is 4. The summed E-state index contributed by atoms with van der Waals surface area (Å²) < 4.78 is 13.1. The minimum atomic E-state index is -0.272. The molecular weight excluding hydrogens is 309 g/mol. The summed E-state index contributed by atoms with van der Waals surface area (Å²) in [6.45, 7) is 0. The first kappa shape index (κ1) is 13.8. The molecule has 3 nitrogen and oxygen atoms in total. The van der Waals surface area contributed by atoms with Crippen LogP contribution in [0.3, 0.4) is 0 Å². The Morgan fingerprint density at radius 1 is 0.913 bits per heavy atom. The number of nitrogens with zero attached hydrogens (tertiary/aromatic N) is 2. The summed E-state index contributed by atoms with van der Waals surface area (Å²) >= 11 is 1.63. The van der Waals surface area contributed by atoms with Crippen molar-refractivity contribution in [2.45, 2.75) is 0 Å². The van der Waals surface area contributed by atoms with Crippen LogP contribution in [0.25, 0.3) is 0 Å². The Hall–Kier alpha value is -2.79. The minimum Gasteiger partial charge on any atom is -0.260 e. The fourth-order valence-corrected chi connectivity index (χ4v) is 3.15. The molecule has 1 N–H and O–H groups in total. The van der Waals surface area contributed by atoms with Crippen LogP contribution in [-0.2, 0) is 0 Å². The zero-order valence-corrected chi connectivity index (χ0v) is 12.8. The van der Waals surface area contributed by atoms with Gasteiger partial charge in [0.15, 0.2) is 5.84 Å². The molecule has 5 heteroatoms. The van der Waals surface area contributed by atoms with Crippen LogP contribution in [0.5, 0.6) is 0 Å². The Morgan fingerprint density at radius 3 is 2.52 bits per heavy atom. The summed E-state index contributed by atoms with van der Waals surface area (Å²) in [7, 11) is 0. The van der Waals surface area contributed by atoms with Gasteiger partial charge in [0.1, 0.15) is 11.5 Å². The van der Waals surface area contributed by atoms with Crippen LogP contribution in [0.2, 0.25) is 0 Å². The number of fused-ring (bicyclic) bond motifs is 1. The van der Waals surface area contributed by atoms with E-state index in [2.05, 4.69) is 15.5 Å². The average molecular weight is 321 g/mol. The van der Waals surface area contributed by atoms with Crippen molar-refractivity contribution in [3.8, 4) is 0 Å². The lowest BCUT2D eigenvalue weighted by molar-refractivity contribution is 0.627. The Bertz CT molecular complexity index is 896. The van der Waals surface area contributed by atoms with E-state index in [1.54, 1.807) is 23.5 Å². The van der Waals surface area contributed by atoms with E-state index in [1.165, 1.54) is 12.1 Å². The molecule has 0 radical (unpaired) electrons. The molecule has 112 valence electrons. The molecule has 0 spiro atoms. The van der Waals surface area contributed by atoms with Crippen LogP contribution in [0.15, 0.2) is 76.1 Å². The van der Waals surface area contributed by atoms with Crippen LogP contribution < -0.4 is 5.43 Å². The molecule has 1 aliphatic rings. The lowest BCUT2D eigenvalue weighted by Crippen LogP contribution is -2.19. The smallest absolute Gasteiger partial charge is 0.154 e. The second-order valence-corrected chi connectivity index (χ2v) is 5.98. The van der Waals surface area contributed by atoms with Crippen LogP contribution in [0, 0.1) is 5.82 Å². The zero-order valence-electron chi connectivity index (χ0n) is 12.0. The largest absolute Gasteiger partial charge is 0.260 e. The third-order valence-electron chi connectivity index (χ3n) is 3.54. The van der Waals surface area contributed by atoms with Crippen molar-refractivity contribution in [1.82, 2.24) is 5.43 Å². The Labute approximate surface area is 136 Å². The summed E-state index contributed by atoms with van der Waals surface area (Å²) in [5.74, 6) is 0.329. The molecule has 1 aromatic heterocycles. The molecule has 2 aromatic carbocycles. The van der Waals surface area contributed by atoms with E-state index in [0.29, 0.717) is 5.84 Å².